The van der Waals surface area contributed by atoms with E-state index in [2.05, 4.69) is 18.1 Å². The van der Waals surface area contributed by atoms with Gasteiger partial charge in [0.2, 0.25) is 0 Å². The number of hydrogen-bond acceptors (Lipinski definition) is 3. The number of nitrogens with zero attached hydrogens (tertiary/aromatic N) is 1. The number of ether oxygens (including phenoxy) is 1. The van der Waals surface area contributed by atoms with Crippen LogP contribution in [0, 0.1) is 13.8 Å². The first-order chi connectivity index (χ1) is 9.60. The maximum absolute atomic E-state index is 8.60. The minimum Gasteiger partial charge on any atom is -0.489 e. The van der Waals surface area contributed by atoms with Gasteiger partial charge in [-0.3, -0.25) is 0 Å². The molecule has 104 valence electrons. The molecule has 2 aromatic rings. The minimum absolute atomic E-state index is 0.104. The van der Waals surface area contributed by atoms with Gasteiger partial charge in [-0.15, -0.1) is 0 Å². The molecule has 0 aromatic heterocycles. The zero-order chi connectivity index (χ0) is 14.5. The Balaban J connectivity index is 2.04. The predicted molar refractivity (Wildman–Crippen MR) is 79.2 cm³/mol. The second-order valence-corrected chi connectivity index (χ2v) is 4.74. The fourth-order valence-corrected chi connectivity index (χ4v) is 1.95. The van der Waals surface area contributed by atoms with Gasteiger partial charge in [-0.1, -0.05) is 47.1 Å². The van der Waals surface area contributed by atoms with Crippen molar-refractivity contribution in [3.05, 3.63) is 64.7 Å². The van der Waals surface area contributed by atoms with Crippen LogP contribution in [0.1, 0.15) is 22.3 Å². The molecule has 0 amide bonds. The maximum atomic E-state index is 8.60. The zero-order valence-corrected chi connectivity index (χ0v) is 11.6. The van der Waals surface area contributed by atoms with E-state index in [1.54, 1.807) is 12.1 Å². The number of oxime groups is 1. The second-order valence-electron chi connectivity index (χ2n) is 4.74. The van der Waals surface area contributed by atoms with Crippen molar-refractivity contribution in [2.24, 2.45) is 10.9 Å². The normalized spacial score (nSPS) is 11.4. The molecule has 0 spiro atoms. The van der Waals surface area contributed by atoms with Gasteiger partial charge in [0.1, 0.15) is 12.4 Å². The molecule has 0 bridgehead atoms. The van der Waals surface area contributed by atoms with Crippen LogP contribution in [-0.4, -0.2) is 11.0 Å². The van der Waals surface area contributed by atoms with E-state index in [1.807, 2.05) is 31.2 Å². The van der Waals surface area contributed by atoms with Crippen LogP contribution in [0.3, 0.4) is 0 Å². The van der Waals surface area contributed by atoms with E-state index < -0.39 is 0 Å². The molecule has 0 saturated carbocycles. The van der Waals surface area contributed by atoms with E-state index in [9.17, 15) is 0 Å². The van der Waals surface area contributed by atoms with E-state index in [0.29, 0.717) is 12.2 Å². The number of rotatable bonds is 4. The molecule has 0 aliphatic rings. The number of hydrogen-bond donors (Lipinski definition) is 2. The van der Waals surface area contributed by atoms with Crippen LogP contribution in [0.15, 0.2) is 47.6 Å². The van der Waals surface area contributed by atoms with Crippen LogP contribution >= 0.6 is 0 Å². The highest BCUT2D eigenvalue weighted by molar-refractivity contribution is 5.96. The lowest BCUT2D eigenvalue weighted by Crippen LogP contribution is -2.12. The molecule has 0 heterocycles. The van der Waals surface area contributed by atoms with Gasteiger partial charge in [-0.25, -0.2) is 0 Å². The summed E-state index contributed by atoms with van der Waals surface area (Å²) in [5.74, 6) is 0.989. The Morgan fingerprint density at radius 2 is 1.85 bits per heavy atom. The SMILES string of the molecule is Cc1ccc(OCc2ccc(/C(N)=N/O)cc2)c(C)c1. The largest absolute Gasteiger partial charge is 0.489 e. The van der Waals surface area contributed by atoms with Crippen LogP contribution in [0.2, 0.25) is 0 Å². The summed E-state index contributed by atoms with van der Waals surface area (Å²) in [5.41, 5.74) is 9.57. The van der Waals surface area contributed by atoms with Crippen molar-refractivity contribution in [3.63, 3.8) is 0 Å². The third-order valence-corrected chi connectivity index (χ3v) is 3.08. The molecule has 4 heteroatoms. The van der Waals surface area contributed by atoms with Gasteiger partial charge in [-0.05, 0) is 31.0 Å². The predicted octanol–water partition coefficient (Wildman–Crippen LogP) is 2.98. The Hall–Kier alpha value is -2.49. The van der Waals surface area contributed by atoms with Gasteiger partial charge in [0.05, 0.1) is 0 Å². The third-order valence-electron chi connectivity index (χ3n) is 3.08. The van der Waals surface area contributed by atoms with Crippen molar-refractivity contribution in [2.45, 2.75) is 20.5 Å². The summed E-state index contributed by atoms with van der Waals surface area (Å²) in [7, 11) is 0. The molecule has 0 saturated heterocycles. The van der Waals surface area contributed by atoms with Gasteiger partial charge in [-0.2, -0.15) is 0 Å². The van der Waals surface area contributed by atoms with E-state index in [0.717, 1.165) is 16.9 Å². The van der Waals surface area contributed by atoms with Crippen LogP contribution in [0.4, 0.5) is 0 Å². The van der Waals surface area contributed by atoms with Crippen molar-refractivity contribution < 1.29 is 9.94 Å². The Kier molecular flexibility index (Phi) is 4.25. The highest BCUT2D eigenvalue weighted by Gasteiger charge is 2.02. The molecular weight excluding hydrogens is 252 g/mol. The standard InChI is InChI=1S/C16H18N2O2/c1-11-3-8-15(12(2)9-11)20-10-13-4-6-14(7-5-13)16(17)18-19/h3-9,19H,10H2,1-2H3,(H2,17,18). The lowest BCUT2D eigenvalue weighted by atomic mass is 10.1. The molecule has 2 aromatic carbocycles. The van der Waals surface area contributed by atoms with E-state index in [4.69, 9.17) is 15.7 Å². The molecular formula is C16H18N2O2. The lowest BCUT2D eigenvalue weighted by molar-refractivity contribution is 0.304. The number of amidine groups is 1. The van der Waals surface area contributed by atoms with Gasteiger partial charge >= 0.3 is 0 Å². The highest BCUT2D eigenvalue weighted by Crippen LogP contribution is 2.20. The first-order valence-electron chi connectivity index (χ1n) is 6.37. The summed E-state index contributed by atoms with van der Waals surface area (Å²) >= 11 is 0. The summed E-state index contributed by atoms with van der Waals surface area (Å²) in [5, 5.41) is 11.6. The molecule has 0 radical (unpaired) electrons. The van der Waals surface area contributed by atoms with Crippen LogP contribution in [0.5, 0.6) is 5.75 Å². The number of aryl methyl sites for hydroxylation is 2. The summed E-state index contributed by atoms with van der Waals surface area (Å²) in [6.45, 7) is 4.58. The van der Waals surface area contributed by atoms with Gasteiger partial charge in [0.15, 0.2) is 5.84 Å². The molecule has 0 atom stereocenters. The Morgan fingerprint density at radius 3 is 2.45 bits per heavy atom. The van der Waals surface area contributed by atoms with Crippen molar-refractivity contribution in [1.82, 2.24) is 0 Å². The van der Waals surface area contributed by atoms with E-state index >= 15 is 0 Å². The first kappa shape index (κ1) is 13.9. The molecule has 0 aliphatic carbocycles. The average molecular weight is 270 g/mol. The third kappa shape index (κ3) is 3.29. The molecule has 0 fully saturated rings. The summed E-state index contributed by atoms with van der Waals surface area (Å²) < 4.78 is 5.79. The Morgan fingerprint density at radius 1 is 1.15 bits per heavy atom. The summed E-state index contributed by atoms with van der Waals surface area (Å²) in [6, 6.07) is 13.5. The van der Waals surface area contributed by atoms with Crippen molar-refractivity contribution >= 4 is 5.84 Å². The average Bonchev–Trinajstić information content (AvgIpc) is 2.46. The van der Waals surface area contributed by atoms with Gasteiger partial charge in [0, 0.05) is 5.56 Å². The van der Waals surface area contributed by atoms with E-state index in [1.165, 1.54) is 5.56 Å². The fraction of sp³-hybridized carbons (Fsp3) is 0.188. The first-order valence-corrected chi connectivity index (χ1v) is 6.37. The molecule has 0 unspecified atom stereocenters. The monoisotopic (exact) mass is 270 g/mol. The molecule has 2 rings (SSSR count). The van der Waals surface area contributed by atoms with Crippen molar-refractivity contribution in [3.8, 4) is 5.75 Å². The quantitative estimate of drug-likeness (QED) is 0.388. The van der Waals surface area contributed by atoms with Crippen LogP contribution in [-0.2, 0) is 6.61 Å². The summed E-state index contributed by atoms with van der Waals surface area (Å²) in [6.07, 6.45) is 0. The smallest absolute Gasteiger partial charge is 0.170 e. The summed E-state index contributed by atoms with van der Waals surface area (Å²) in [4.78, 5) is 0. The lowest BCUT2D eigenvalue weighted by Gasteiger charge is -2.10. The minimum atomic E-state index is 0.104. The maximum Gasteiger partial charge on any atom is 0.170 e. The van der Waals surface area contributed by atoms with Crippen LogP contribution < -0.4 is 10.5 Å². The number of benzene rings is 2. The van der Waals surface area contributed by atoms with E-state index in [-0.39, 0.29) is 5.84 Å². The molecule has 4 nitrogen and oxygen atoms in total. The topological polar surface area (TPSA) is 67.8 Å². The molecule has 0 aliphatic heterocycles. The van der Waals surface area contributed by atoms with Gasteiger partial charge in [0.25, 0.3) is 0 Å². The molecule has 3 N–H and O–H groups in total. The highest BCUT2D eigenvalue weighted by atomic mass is 16.5. The molecule has 20 heavy (non-hydrogen) atoms. The Labute approximate surface area is 118 Å². The Bertz CT molecular complexity index is 619. The van der Waals surface area contributed by atoms with Crippen molar-refractivity contribution in [2.75, 3.05) is 0 Å². The zero-order valence-electron chi connectivity index (χ0n) is 11.6. The van der Waals surface area contributed by atoms with Gasteiger partial charge < -0.3 is 15.7 Å². The van der Waals surface area contributed by atoms with Crippen molar-refractivity contribution in [1.29, 1.82) is 0 Å². The number of nitrogens with two attached hydrogens (primary N) is 1. The van der Waals surface area contributed by atoms with Crippen LogP contribution in [0.25, 0.3) is 0 Å². The fourth-order valence-electron chi connectivity index (χ4n) is 1.95. The second kappa shape index (κ2) is 6.10.